The van der Waals surface area contributed by atoms with E-state index in [4.69, 9.17) is 4.98 Å². The van der Waals surface area contributed by atoms with E-state index in [9.17, 15) is 9.90 Å². The van der Waals surface area contributed by atoms with Crippen molar-refractivity contribution in [3.8, 4) is 27.4 Å². The summed E-state index contributed by atoms with van der Waals surface area (Å²) in [6, 6.07) is 13.3. The Morgan fingerprint density at radius 3 is 2.81 bits per heavy atom. The van der Waals surface area contributed by atoms with Gasteiger partial charge < -0.3 is 15.3 Å². The molecular weight excluding hydrogens is 406 g/mol. The molecule has 1 saturated heterocycles. The molecule has 1 aliphatic heterocycles. The predicted molar refractivity (Wildman–Crippen MR) is 128 cm³/mol. The zero-order valence-electron chi connectivity index (χ0n) is 18.3. The van der Waals surface area contributed by atoms with Crippen LogP contribution >= 0.6 is 11.3 Å². The number of thiophene rings is 1. The van der Waals surface area contributed by atoms with E-state index in [1.54, 1.807) is 17.4 Å². The third kappa shape index (κ3) is 4.59. The van der Waals surface area contributed by atoms with Gasteiger partial charge in [0.2, 0.25) is 5.91 Å². The molecule has 0 radical (unpaired) electrons. The molecule has 0 saturated carbocycles. The van der Waals surface area contributed by atoms with Gasteiger partial charge in [-0.3, -0.25) is 4.79 Å². The molecule has 3 heterocycles. The molecule has 5 nitrogen and oxygen atoms in total. The summed E-state index contributed by atoms with van der Waals surface area (Å²) < 4.78 is 0. The molecule has 6 heteroatoms. The minimum atomic E-state index is -0.219. The fourth-order valence-corrected chi connectivity index (χ4v) is 4.94. The van der Waals surface area contributed by atoms with E-state index in [1.807, 2.05) is 24.3 Å². The van der Waals surface area contributed by atoms with Crippen molar-refractivity contribution < 1.29 is 9.90 Å². The van der Waals surface area contributed by atoms with Crippen molar-refractivity contribution in [1.29, 1.82) is 0 Å². The number of nitrogens with one attached hydrogen (secondary N) is 1. The zero-order valence-corrected chi connectivity index (χ0v) is 19.1. The van der Waals surface area contributed by atoms with Crippen molar-refractivity contribution in [3.63, 3.8) is 0 Å². The zero-order chi connectivity index (χ0) is 22.0. The fourth-order valence-electron chi connectivity index (χ4n) is 4.03. The van der Waals surface area contributed by atoms with Crippen molar-refractivity contribution >= 4 is 23.1 Å². The van der Waals surface area contributed by atoms with Crippen molar-refractivity contribution in [3.05, 3.63) is 53.4 Å². The van der Waals surface area contributed by atoms with E-state index in [2.05, 4.69) is 48.5 Å². The van der Waals surface area contributed by atoms with Crippen LogP contribution in [0, 0.1) is 12.8 Å². The highest BCUT2D eigenvalue weighted by molar-refractivity contribution is 7.13. The summed E-state index contributed by atoms with van der Waals surface area (Å²) in [5.74, 6) is 1.46. The molecule has 1 atom stereocenters. The Morgan fingerprint density at radius 2 is 2.10 bits per heavy atom. The summed E-state index contributed by atoms with van der Waals surface area (Å²) in [6.45, 7) is 7.76. The normalized spacial score (nSPS) is 16.1. The maximum atomic E-state index is 12.9. The second kappa shape index (κ2) is 9.10. The Bertz CT molecular complexity index is 1080. The standard InChI is InChI=1S/C25H29N3O2S/c1-16(2)15-26-25(30)21-8-6-11-28(21)23-14-18(24-17(3)10-12-31-24)13-20(27-23)19-7-4-5-9-22(19)29/h4-5,7,9-10,12-14,16,21,29H,6,8,11,15H2,1-3H3,(H,26,30)/t21-/m0/s1. The maximum Gasteiger partial charge on any atom is 0.242 e. The van der Waals surface area contributed by atoms with Gasteiger partial charge in [-0.25, -0.2) is 4.98 Å². The molecule has 0 unspecified atom stereocenters. The first-order chi connectivity index (χ1) is 14.9. The number of rotatable bonds is 6. The number of phenolic OH excluding ortho intramolecular Hbond substituents is 1. The summed E-state index contributed by atoms with van der Waals surface area (Å²) in [4.78, 5) is 21.1. The van der Waals surface area contributed by atoms with Gasteiger partial charge in [-0.2, -0.15) is 0 Å². The smallest absolute Gasteiger partial charge is 0.242 e. The highest BCUT2D eigenvalue weighted by Crippen LogP contribution is 2.37. The average molecular weight is 436 g/mol. The SMILES string of the molecule is Cc1ccsc1-c1cc(-c2ccccc2O)nc(N2CCC[C@H]2C(=O)NCC(C)C)c1. The number of benzene rings is 1. The number of carbonyl (C=O) groups is 1. The van der Waals surface area contributed by atoms with Gasteiger partial charge in [0.25, 0.3) is 0 Å². The van der Waals surface area contributed by atoms with Crippen LogP contribution in [0.2, 0.25) is 0 Å². The third-order valence-corrected chi connectivity index (χ3v) is 6.72. The molecule has 0 bridgehead atoms. The van der Waals surface area contributed by atoms with E-state index in [1.165, 1.54) is 10.4 Å². The van der Waals surface area contributed by atoms with E-state index < -0.39 is 0 Å². The van der Waals surface area contributed by atoms with Gasteiger partial charge in [-0.15, -0.1) is 11.3 Å². The van der Waals surface area contributed by atoms with Crippen molar-refractivity contribution in [2.24, 2.45) is 5.92 Å². The number of carbonyl (C=O) groups excluding carboxylic acids is 1. The maximum absolute atomic E-state index is 12.9. The van der Waals surface area contributed by atoms with E-state index in [0.717, 1.165) is 30.8 Å². The van der Waals surface area contributed by atoms with Crippen LogP contribution in [0.4, 0.5) is 5.82 Å². The number of aryl methyl sites for hydroxylation is 1. The number of aromatic hydroxyl groups is 1. The molecule has 31 heavy (non-hydrogen) atoms. The number of nitrogens with zero attached hydrogens (tertiary/aromatic N) is 2. The molecule has 1 aromatic carbocycles. The molecule has 2 aromatic heterocycles. The molecule has 2 N–H and O–H groups in total. The molecule has 0 aliphatic carbocycles. The lowest BCUT2D eigenvalue weighted by Gasteiger charge is -2.26. The first kappa shape index (κ1) is 21.4. The van der Waals surface area contributed by atoms with Crippen LogP contribution in [0.25, 0.3) is 21.7 Å². The van der Waals surface area contributed by atoms with Crippen LogP contribution < -0.4 is 10.2 Å². The number of aromatic nitrogens is 1. The number of phenols is 1. The number of para-hydroxylation sites is 1. The van der Waals surface area contributed by atoms with Gasteiger partial charge >= 0.3 is 0 Å². The lowest BCUT2D eigenvalue weighted by molar-refractivity contribution is -0.122. The first-order valence-corrected chi connectivity index (χ1v) is 11.7. The minimum absolute atomic E-state index is 0.0646. The van der Waals surface area contributed by atoms with Crippen LogP contribution in [0.3, 0.4) is 0 Å². The largest absolute Gasteiger partial charge is 0.507 e. The van der Waals surface area contributed by atoms with Crippen LogP contribution in [0.5, 0.6) is 5.75 Å². The molecular formula is C25H29N3O2S. The fraction of sp³-hybridized carbons (Fsp3) is 0.360. The predicted octanol–water partition coefficient (Wildman–Crippen LogP) is 5.23. The quantitative estimate of drug-likeness (QED) is 0.556. The lowest BCUT2D eigenvalue weighted by Crippen LogP contribution is -2.44. The van der Waals surface area contributed by atoms with E-state index in [-0.39, 0.29) is 17.7 Å². The van der Waals surface area contributed by atoms with Crippen LogP contribution in [0.1, 0.15) is 32.3 Å². The molecule has 1 amide bonds. The van der Waals surface area contributed by atoms with Gasteiger partial charge in [0.15, 0.2) is 0 Å². The molecule has 1 fully saturated rings. The first-order valence-electron chi connectivity index (χ1n) is 10.8. The summed E-state index contributed by atoms with van der Waals surface area (Å²) >= 11 is 1.69. The Labute approximate surface area is 187 Å². The van der Waals surface area contributed by atoms with E-state index in [0.29, 0.717) is 23.7 Å². The number of amides is 1. The van der Waals surface area contributed by atoms with Gasteiger partial charge in [0.05, 0.1) is 5.69 Å². The Morgan fingerprint density at radius 1 is 1.29 bits per heavy atom. The second-order valence-electron chi connectivity index (χ2n) is 8.54. The minimum Gasteiger partial charge on any atom is -0.507 e. The molecule has 162 valence electrons. The molecule has 3 aromatic rings. The van der Waals surface area contributed by atoms with Crippen molar-refractivity contribution in [1.82, 2.24) is 10.3 Å². The summed E-state index contributed by atoms with van der Waals surface area (Å²) in [5.41, 5.74) is 3.67. The van der Waals surface area contributed by atoms with Gasteiger partial charge in [0.1, 0.15) is 17.6 Å². The van der Waals surface area contributed by atoms with Gasteiger partial charge in [-0.1, -0.05) is 26.0 Å². The lowest BCUT2D eigenvalue weighted by atomic mass is 10.1. The second-order valence-corrected chi connectivity index (χ2v) is 9.46. The highest BCUT2D eigenvalue weighted by Gasteiger charge is 2.32. The average Bonchev–Trinajstić information content (AvgIpc) is 3.41. The van der Waals surface area contributed by atoms with Gasteiger partial charge in [-0.05, 0) is 72.5 Å². The number of pyridine rings is 1. The van der Waals surface area contributed by atoms with Crippen LogP contribution in [0.15, 0.2) is 47.8 Å². The van der Waals surface area contributed by atoms with Crippen LogP contribution in [-0.4, -0.2) is 35.1 Å². The van der Waals surface area contributed by atoms with Gasteiger partial charge in [0, 0.05) is 23.5 Å². The topological polar surface area (TPSA) is 65.5 Å². The van der Waals surface area contributed by atoms with Crippen molar-refractivity contribution in [2.45, 2.75) is 39.7 Å². The Balaban J connectivity index is 1.76. The summed E-state index contributed by atoms with van der Waals surface area (Å²) in [7, 11) is 0. The van der Waals surface area contributed by atoms with E-state index >= 15 is 0 Å². The molecule has 0 spiro atoms. The summed E-state index contributed by atoms with van der Waals surface area (Å²) in [6.07, 6.45) is 1.77. The molecule has 1 aliphatic rings. The third-order valence-electron chi connectivity index (χ3n) is 5.65. The number of anilines is 1. The van der Waals surface area contributed by atoms with Crippen molar-refractivity contribution in [2.75, 3.05) is 18.0 Å². The monoisotopic (exact) mass is 435 g/mol. The molecule has 4 rings (SSSR count). The van der Waals surface area contributed by atoms with Crippen LogP contribution in [-0.2, 0) is 4.79 Å². The highest BCUT2D eigenvalue weighted by atomic mass is 32.1. The Hall–Kier alpha value is -2.86. The summed E-state index contributed by atoms with van der Waals surface area (Å²) in [5, 5.41) is 15.6. The number of hydrogen-bond acceptors (Lipinski definition) is 5. The Kier molecular flexibility index (Phi) is 6.28. The number of hydrogen-bond donors (Lipinski definition) is 2.